The molecule has 0 radical (unpaired) electrons. The Morgan fingerprint density at radius 1 is 1.22 bits per heavy atom. The third kappa shape index (κ3) is 7.67. The van der Waals surface area contributed by atoms with E-state index in [0.29, 0.717) is 6.42 Å². The van der Waals surface area contributed by atoms with Crippen molar-refractivity contribution in [3.63, 3.8) is 0 Å². The van der Waals surface area contributed by atoms with E-state index in [-0.39, 0.29) is 5.83 Å². The normalized spacial score (nSPS) is 7.33. The lowest BCUT2D eigenvalue weighted by atomic mass is 10.3. The Kier molecular flexibility index (Phi) is 9.77. The van der Waals surface area contributed by atoms with Gasteiger partial charge in [-0.2, -0.15) is 0 Å². The van der Waals surface area contributed by atoms with Crippen LogP contribution < -0.4 is 0 Å². The van der Waals surface area contributed by atoms with Crippen molar-refractivity contribution in [3.8, 4) is 0 Å². The van der Waals surface area contributed by atoms with E-state index >= 15 is 0 Å². The molecule has 56 valence electrons. The molecular weight excluding hydrogens is 115 g/mol. The Bertz CT molecular complexity index is 78.6. The van der Waals surface area contributed by atoms with Crippen LogP contribution in [-0.4, -0.2) is 0 Å². The second-order valence-electron chi connectivity index (χ2n) is 1.76. The number of rotatable bonds is 1. The van der Waals surface area contributed by atoms with Crippen molar-refractivity contribution < 1.29 is 4.39 Å². The largest absolute Gasteiger partial charge is 0.212 e. The predicted molar refractivity (Wildman–Crippen MR) is 41.1 cm³/mol. The van der Waals surface area contributed by atoms with Crippen LogP contribution in [0, 0.1) is 0 Å². The van der Waals surface area contributed by atoms with Crippen molar-refractivity contribution in [3.05, 3.63) is 11.4 Å². The Morgan fingerprint density at radius 3 is 1.56 bits per heavy atom. The minimum absolute atomic E-state index is 0.0139. The summed E-state index contributed by atoms with van der Waals surface area (Å²) in [5, 5.41) is 0. The molecule has 0 rings (SSSR count). The lowest BCUT2D eigenvalue weighted by Crippen LogP contribution is -1.71. The van der Waals surface area contributed by atoms with Crippen LogP contribution in [0.5, 0.6) is 0 Å². The fraction of sp³-hybridized carbons (Fsp3) is 0.750. The van der Waals surface area contributed by atoms with Crippen LogP contribution in [0.2, 0.25) is 0 Å². The molecule has 0 aliphatic carbocycles. The molecule has 0 aromatic heterocycles. The molecule has 0 atom stereocenters. The minimum atomic E-state index is 0.0139. The van der Waals surface area contributed by atoms with E-state index in [1.807, 2.05) is 20.8 Å². The van der Waals surface area contributed by atoms with Gasteiger partial charge in [0.15, 0.2) is 0 Å². The summed E-state index contributed by atoms with van der Waals surface area (Å²) in [6.45, 7) is 9.36. The van der Waals surface area contributed by atoms with Crippen LogP contribution in [0.1, 0.15) is 41.0 Å². The summed E-state index contributed by atoms with van der Waals surface area (Å²) >= 11 is 0. The van der Waals surface area contributed by atoms with Gasteiger partial charge in [0.05, 0.1) is 5.83 Å². The first-order valence-corrected chi connectivity index (χ1v) is 3.50. The van der Waals surface area contributed by atoms with E-state index in [1.54, 1.807) is 13.8 Å². The summed E-state index contributed by atoms with van der Waals surface area (Å²) in [6.07, 6.45) is 0.530. The fourth-order valence-electron chi connectivity index (χ4n) is 0.354. The predicted octanol–water partition coefficient (Wildman–Crippen LogP) is 3.69. The molecule has 0 saturated heterocycles. The van der Waals surface area contributed by atoms with Crippen LogP contribution in [0.15, 0.2) is 11.4 Å². The molecule has 0 fully saturated rings. The van der Waals surface area contributed by atoms with Gasteiger partial charge in [-0.05, 0) is 25.8 Å². The molecule has 0 amide bonds. The molecule has 0 bridgehead atoms. The molecule has 0 aromatic carbocycles. The summed E-state index contributed by atoms with van der Waals surface area (Å²) in [7, 11) is 0. The highest BCUT2D eigenvalue weighted by Gasteiger charge is 1.88. The third-order valence-electron chi connectivity index (χ3n) is 0.853. The van der Waals surface area contributed by atoms with Crippen LogP contribution in [0.3, 0.4) is 0 Å². The van der Waals surface area contributed by atoms with Gasteiger partial charge >= 0.3 is 0 Å². The van der Waals surface area contributed by atoms with E-state index in [0.717, 1.165) is 5.57 Å². The van der Waals surface area contributed by atoms with Crippen LogP contribution >= 0.6 is 0 Å². The average molecular weight is 132 g/mol. The number of hydrogen-bond donors (Lipinski definition) is 0. The molecule has 9 heavy (non-hydrogen) atoms. The van der Waals surface area contributed by atoms with E-state index in [1.165, 1.54) is 0 Å². The first-order chi connectivity index (χ1) is 4.18. The SMILES string of the molecule is CC.CCC(F)=C(C)C. The zero-order chi connectivity index (χ0) is 7.86. The highest BCUT2D eigenvalue weighted by molar-refractivity contribution is 4.99. The average Bonchev–Trinajstić information content (AvgIpc) is 1.91. The van der Waals surface area contributed by atoms with E-state index in [2.05, 4.69) is 0 Å². The number of halogens is 1. The quantitative estimate of drug-likeness (QED) is 0.510. The van der Waals surface area contributed by atoms with Gasteiger partial charge in [0.25, 0.3) is 0 Å². The molecule has 0 saturated carbocycles. The van der Waals surface area contributed by atoms with Crippen molar-refractivity contribution in [2.75, 3.05) is 0 Å². The summed E-state index contributed by atoms with van der Waals surface area (Å²) < 4.78 is 12.1. The maximum atomic E-state index is 12.1. The molecule has 0 N–H and O–H groups in total. The first kappa shape index (κ1) is 11.5. The maximum absolute atomic E-state index is 12.1. The van der Waals surface area contributed by atoms with Gasteiger partial charge in [-0.3, -0.25) is 0 Å². The second-order valence-corrected chi connectivity index (χ2v) is 1.76. The summed E-state index contributed by atoms with van der Waals surface area (Å²) in [5.41, 5.74) is 0.794. The van der Waals surface area contributed by atoms with Crippen LogP contribution in [0.25, 0.3) is 0 Å². The van der Waals surface area contributed by atoms with Gasteiger partial charge in [0.1, 0.15) is 0 Å². The zero-order valence-corrected chi connectivity index (χ0v) is 7.09. The lowest BCUT2D eigenvalue weighted by molar-refractivity contribution is 0.592. The van der Waals surface area contributed by atoms with Gasteiger partial charge in [0, 0.05) is 0 Å². The van der Waals surface area contributed by atoms with Gasteiger partial charge in [-0.15, -0.1) is 0 Å². The van der Waals surface area contributed by atoms with Crippen molar-refractivity contribution in [2.24, 2.45) is 0 Å². The first-order valence-electron chi connectivity index (χ1n) is 3.50. The second kappa shape index (κ2) is 7.67. The van der Waals surface area contributed by atoms with Crippen molar-refractivity contribution in [2.45, 2.75) is 41.0 Å². The third-order valence-corrected chi connectivity index (χ3v) is 0.853. The van der Waals surface area contributed by atoms with Crippen molar-refractivity contribution in [1.82, 2.24) is 0 Å². The van der Waals surface area contributed by atoms with Gasteiger partial charge in [0.2, 0.25) is 0 Å². The smallest absolute Gasteiger partial charge is 0.0983 e. The summed E-state index contributed by atoms with van der Waals surface area (Å²) in [6, 6.07) is 0. The van der Waals surface area contributed by atoms with Crippen molar-refractivity contribution >= 4 is 0 Å². The molecule has 0 aliphatic rings. The molecule has 0 spiro atoms. The summed E-state index contributed by atoms with van der Waals surface area (Å²) in [4.78, 5) is 0. The minimum Gasteiger partial charge on any atom is -0.212 e. The fourth-order valence-corrected chi connectivity index (χ4v) is 0.354. The molecule has 0 unspecified atom stereocenters. The molecule has 0 nitrogen and oxygen atoms in total. The molecule has 0 aromatic rings. The Labute approximate surface area is 57.8 Å². The Hall–Kier alpha value is -0.330. The number of hydrogen-bond acceptors (Lipinski definition) is 0. The van der Waals surface area contributed by atoms with Gasteiger partial charge in [-0.25, -0.2) is 4.39 Å². The van der Waals surface area contributed by atoms with E-state index in [9.17, 15) is 4.39 Å². The highest BCUT2D eigenvalue weighted by atomic mass is 19.1. The van der Waals surface area contributed by atoms with Crippen LogP contribution in [-0.2, 0) is 0 Å². The molecule has 1 heteroatoms. The Balaban J connectivity index is 0. The maximum Gasteiger partial charge on any atom is 0.0983 e. The standard InChI is InChI=1S/C6H11F.C2H6/c1-4-6(7)5(2)3;1-2/h4H2,1-3H3;1-2H3. The van der Waals surface area contributed by atoms with Gasteiger partial charge in [-0.1, -0.05) is 20.8 Å². The zero-order valence-electron chi connectivity index (χ0n) is 7.09. The number of allylic oxidation sites excluding steroid dienone is 2. The monoisotopic (exact) mass is 132 g/mol. The van der Waals surface area contributed by atoms with Crippen LogP contribution in [0.4, 0.5) is 4.39 Å². The Morgan fingerprint density at radius 2 is 1.56 bits per heavy atom. The molecule has 0 aliphatic heterocycles. The lowest BCUT2D eigenvalue weighted by Gasteiger charge is -1.89. The highest BCUT2D eigenvalue weighted by Crippen LogP contribution is 2.06. The van der Waals surface area contributed by atoms with Gasteiger partial charge < -0.3 is 0 Å². The van der Waals surface area contributed by atoms with E-state index in [4.69, 9.17) is 0 Å². The topological polar surface area (TPSA) is 0 Å². The molecular formula is C8H17F. The summed E-state index contributed by atoms with van der Waals surface area (Å²) in [5.74, 6) is 0.0139. The molecule has 0 heterocycles. The van der Waals surface area contributed by atoms with Crippen molar-refractivity contribution in [1.29, 1.82) is 0 Å². The van der Waals surface area contributed by atoms with E-state index < -0.39 is 0 Å².